The Bertz CT molecular complexity index is 788. The highest BCUT2D eigenvalue weighted by atomic mass is 35.5. The highest BCUT2D eigenvalue weighted by molar-refractivity contribution is 6.30. The summed E-state index contributed by atoms with van der Waals surface area (Å²) in [5.74, 6) is 1.49. The van der Waals surface area contributed by atoms with Crippen LogP contribution in [0.15, 0.2) is 54.9 Å². The van der Waals surface area contributed by atoms with Crippen molar-refractivity contribution >= 4 is 17.4 Å². The summed E-state index contributed by atoms with van der Waals surface area (Å²) < 4.78 is 0. The molecule has 0 spiro atoms. The van der Waals surface area contributed by atoms with Crippen LogP contribution in [0.4, 0.5) is 5.82 Å². The van der Waals surface area contributed by atoms with E-state index in [1.54, 1.807) is 12.4 Å². The van der Waals surface area contributed by atoms with Gasteiger partial charge in [-0.1, -0.05) is 23.7 Å². The zero-order valence-corrected chi connectivity index (χ0v) is 13.7. The molecule has 5 heteroatoms. The first kappa shape index (κ1) is 15.4. The molecule has 3 aromatic rings. The first-order chi connectivity index (χ1) is 11.1. The fraction of sp³-hybridized carbons (Fsp3) is 0.167. The second-order valence-electron chi connectivity index (χ2n) is 5.37. The summed E-state index contributed by atoms with van der Waals surface area (Å²) in [6.07, 6.45) is 3.48. The van der Waals surface area contributed by atoms with Crippen LogP contribution in [0.25, 0.3) is 11.4 Å². The number of rotatable bonds is 4. The van der Waals surface area contributed by atoms with Crippen LogP contribution >= 0.6 is 11.6 Å². The molecule has 2 aromatic heterocycles. The van der Waals surface area contributed by atoms with Crippen molar-refractivity contribution in [1.29, 1.82) is 0 Å². The number of aromatic nitrogens is 3. The Kier molecular flexibility index (Phi) is 4.53. The number of pyridine rings is 1. The van der Waals surface area contributed by atoms with Crippen LogP contribution in [0, 0.1) is 6.92 Å². The topological polar surface area (TPSA) is 50.7 Å². The Labute approximate surface area is 140 Å². The van der Waals surface area contributed by atoms with Gasteiger partial charge in [-0.05, 0) is 43.7 Å². The number of benzene rings is 1. The third-order valence-corrected chi connectivity index (χ3v) is 3.78. The van der Waals surface area contributed by atoms with Crippen molar-refractivity contribution in [3.8, 4) is 11.4 Å². The maximum Gasteiger partial charge on any atom is 0.161 e. The van der Waals surface area contributed by atoms with Crippen molar-refractivity contribution in [2.45, 2.75) is 19.9 Å². The highest BCUT2D eigenvalue weighted by Crippen LogP contribution is 2.22. The van der Waals surface area contributed by atoms with Crippen LogP contribution in [0.1, 0.15) is 24.2 Å². The Morgan fingerprint density at radius 2 is 1.70 bits per heavy atom. The van der Waals surface area contributed by atoms with E-state index < -0.39 is 0 Å². The first-order valence-electron chi connectivity index (χ1n) is 7.40. The molecule has 4 nitrogen and oxygen atoms in total. The molecule has 23 heavy (non-hydrogen) atoms. The molecule has 116 valence electrons. The number of nitrogens with zero attached hydrogens (tertiary/aromatic N) is 3. The quantitative estimate of drug-likeness (QED) is 0.757. The number of nitrogens with one attached hydrogen (secondary N) is 1. The van der Waals surface area contributed by atoms with Crippen LogP contribution < -0.4 is 5.32 Å². The Morgan fingerprint density at radius 1 is 1.00 bits per heavy atom. The minimum Gasteiger partial charge on any atom is -0.363 e. The number of hydrogen-bond acceptors (Lipinski definition) is 4. The van der Waals surface area contributed by atoms with Gasteiger partial charge < -0.3 is 5.32 Å². The van der Waals surface area contributed by atoms with Gasteiger partial charge >= 0.3 is 0 Å². The molecule has 0 aliphatic carbocycles. The third-order valence-electron chi connectivity index (χ3n) is 3.53. The van der Waals surface area contributed by atoms with E-state index in [9.17, 15) is 0 Å². The average molecular weight is 325 g/mol. The molecule has 0 saturated heterocycles. The predicted octanol–water partition coefficient (Wildman–Crippen LogP) is 4.67. The number of hydrogen-bond donors (Lipinski definition) is 1. The third kappa shape index (κ3) is 3.85. The van der Waals surface area contributed by atoms with E-state index in [-0.39, 0.29) is 6.04 Å². The summed E-state index contributed by atoms with van der Waals surface area (Å²) in [5.41, 5.74) is 3.01. The van der Waals surface area contributed by atoms with Crippen molar-refractivity contribution in [2.24, 2.45) is 0 Å². The zero-order chi connectivity index (χ0) is 16.2. The van der Waals surface area contributed by atoms with Gasteiger partial charge in [0.25, 0.3) is 0 Å². The van der Waals surface area contributed by atoms with Crippen molar-refractivity contribution in [3.63, 3.8) is 0 Å². The van der Waals surface area contributed by atoms with Crippen LogP contribution in [0.5, 0.6) is 0 Å². The van der Waals surface area contributed by atoms with Crippen molar-refractivity contribution in [2.75, 3.05) is 5.32 Å². The summed E-state index contributed by atoms with van der Waals surface area (Å²) in [5, 5.41) is 4.15. The molecule has 1 atom stereocenters. The average Bonchev–Trinajstić information content (AvgIpc) is 2.55. The molecule has 0 radical (unpaired) electrons. The molecule has 0 aliphatic heterocycles. The summed E-state index contributed by atoms with van der Waals surface area (Å²) >= 11 is 5.94. The summed E-state index contributed by atoms with van der Waals surface area (Å²) in [7, 11) is 0. The second kappa shape index (κ2) is 6.75. The van der Waals surface area contributed by atoms with E-state index in [0.29, 0.717) is 5.82 Å². The molecule has 1 N–H and O–H groups in total. The molecular formula is C18H17ClN4. The van der Waals surface area contributed by atoms with Crippen LogP contribution in [0.2, 0.25) is 5.02 Å². The molecule has 0 saturated carbocycles. The molecule has 0 bridgehead atoms. The predicted molar refractivity (Wildman–Crippen MR) is 93.5 cm³/mol. The van der Waals surface area contributed by atoms with Gasteiger partial charge in [-0.15, -0.1) is 0 Å². The lowest BCUT2D eigenvalue weighted by atomic mass is 10.1. The lowest BCUT2D eigenvalue weighted by Crippen LogP contribution is -2.09. The maximum absolute atomic E-state index is 5.94. The van der Waals surface area contributed by atoms with E-state index >= 15 is 0 Å². The molecule has 0 aliphatic rings. The number of anilines is 1. The lowest BCUT2D eigenvalue weighted by molar-refractivity contribution is 0.871. The summed E-state index contributed by atoms with van der Waals surface area (Å²) in [6, 6.07) is 13.7. The monoisotopic (exact) mass is 324 g/mol. The van der Waals surface area contributed by atoms with E-state index in [0.717, 1.165) is 27.7 Å². The number of halogens is 1. The van der Waals surface area contributed by atoms with Crippen molar-refractivity contribution in [3.05, 3.63) is 71.1 Å². The largest absolute Gasteiger partial charge is 0.363 e. The molecule has 0 fully saturated rings. The van der Waals surface area contributed by atoms with E-state index in [2.05, 4.69) is 27.2 Å². The highest BCUT2D eigenvalue weighted by Gasteiger charge is 2.09. The van der Waals surface area contributed by atoms with Gasteiger partial charge in [-0.25, -0.2) is 9.97 Å². The minimum absolute atomic E-state index is 0.117. The zero-order valence-electron chi connectivity index (χ0n) is 13.0. The Balaban J connectivity index is 1.85. The second-order valence-corrected chi connectivity index (χ2v) is 5.81. The molecule has 0 amide bonds. The normalized spacial score (nSPS) is 12.0. The fourth-order valence-electron chi connectivity index (χ4n) is 2.33. The maximum atomic E-state index is 5.94. The molecular weight excluding hydrogens is 308 g/mol. The van der Waals surface area contributed by atoms with Crippen LogP contribution in [0.3, 0.4) is 0 Å². The van der Waals surface area contributed by atoms with Crippen LogP contribution in [-0.4, -0.2) is 15.0 Å². The van der Waals surface area contributed by atoms with E-state index in [1.807, 2.05) is 49.4 Å². The van der Waals surface area contributed by atoms with Gasteiger partial charge in [0.1, 0.15) is 5.82 Å². The smallest absolute Gasteiger partial charge is 0.161 e. The SMILES string of the molecule is Cc1cc(N[C@@H](C)c2ccc(Cl)cc2)nc(-c2ccncc2)n1. The molecule has 2 heterocycles. The van der Waals surface area contributed by atoms with Gasteiger partial charge in [0.05, 0.1) is 0 Å². The van der Waals surface area contributed by atoms with Gasteiger partial charge in [0.15, 0.2) is 5.82 Å². The van der Waals surface area contributed by atoms with Gasteiger partial charge in [0.2, 0.25) is 0 Å². The van der Waals surface area contributed by atoms with Crippen molar-refractivity contribution in [1.82, 2.24) is 15.0 Å². The lowest BCUT2D eigenvalue weighted by Gasteiger charge is -2.16. The van der Waals surface area contributed by atoms with Crippen molar-refractivity contribution < 1.29 is 0 Å². The number of aryl methyl sites for hydroxylation is 1. The Hall–Kier alpha value is -2.46. The summed E-state index contributed by atoms with van der Waals surface area (Å²) in [4.78, 5) is 13.1. The fourth-order valence-corrected chi connectivity index (χ4v) is 2.46. The summed E-state index contributed by atoms with van der Waals surface area (Å²) in [6.45, 7) is 4.05. The standard InChI is InChI=1S/C18H17ClN4/c1-12-11-17(22-13(2)14-3-5-16(19)6-4-14)23-18(21-12)15-7-9-20-10-8-15/h3-11,13H,1-2H3,(H,21,22,23)/t13-/m0/s1. The molecule has 3 rings (SSSR count). The minimum atomic E-state index is 0.117. The Morgan fingerprint density at radius 3 is 2.39 bits per heavy atom. The van der Waals surface area contributed by atoms with E-state index in [1.165, 1.54) is 0 Å². The first-order valence-corrected chi connectivity index (χ1v) is 7.78. The van der Waals surface area contributed by atoms with Crippen LogP contribution in [-0.2, 0) is 0 Å². The van der Waals surface area contributed by atoms with E-state index in [4.69, 9.17) is 11.6 Å². The van der Waals surface area contributed by atoms with Gasteiger partial charge in [-0.2, -0.15) is 0 Å². The van der Waals surface area contributed by atoms with Gasteiger partial charge in [0, 0.05) is 40.8 Å². The molecule has 0 unspecified atom stereocenters. The van der Waals surface area contributed by atoms with Gasteiger partial charge in [-0.3, -0.25) is 4.98 Å². The molecule has 1 aromatic carbocycles.